The molecule has 0 atom stereocenters. The van der Waals surface area contributed by atoms with Crippen LogP contribution in [0.4, 0.5) is 11.8 Å². The smallest absolute Gasteiger partial charge is 0.225 e. The van der Waals surface area contributed by atoms with E-state index in [1.54, 1.807) is 66.3 Å². The Bertz CT molecular complexity index is 1560. The monoisotopic (exact) mass is 582 g/mol. The number of nitrogens with zero attached hydrogens (tertiary/aromatic N) is 5. The Morgan fingerprint density at radius 1 is 1.12 bits per heavy atom. The third-order valence-corrected chi connectivity index (χ3v) is 9.75. The van der Waals surface area contributed by atoms with Gasteiger partial charge in [-0.1, -0.05) is 0 Å². The van der Waals surface area contributed by atoms with Crippen LogP contribution in [0.5, 0.6) is 11.5 Å². The molecule has 0 bridgehead atoms. The lowest BCUT2D eigenvalue weighted by Gasteiger charge is -2.32. The summed E-state index contributed by atoms with van der Waals surface area (Å²) in [6, 6.07) is 3.20. The molecule has 220 valence electrons. The van der Waals surface area contributed by atoms with E-state index >= 15 is 0 Å². The number of hydrogen-bond donors (Lipinski definition) is 3. The number of ether oxygens (including phenoxy) is 2. The van der Waals surface area contributed by atoms with E-state index in [9.17, 15) is 8.42 Å². The zero-order valence-corrected chi connectivity index (χ0v) is 25.2. The van der Waals surface area contributed by atoms with E-state index in [1.807, 2.05) is 0 Å². The number of benzene rings is 1. The minimum Gasteiger partial charge on any atom is -0.494 e. The zero-order valence-electron chi connectivity index (χ0n) is 24.4. The van der Waals surface area contributed by atoms with Crippen molar-refractivity contribution < 1.29 is 17.9 Å². The van der Waals surface area contributed by atoms with Crippen LogP contribution < -0.4 is 25.4 Å². The molecule has 1 fully saturated rings. The molecular weight excluding hydrogens is 544 g/mol. The molecule has 0 unspecified atom stereocenters. The summed E-state index contributed by atoms with van der Waals surface area (Å²) in [5.74, 6) is 2.35. The standard InChI is InChI=1S/C28H38N8O4S/c1-17(18(2)29)25(30)35-26-21-11-24(41(37,38)28(3,4)5)23(12-22(21)33-16-34-26)40-15-19-7-9-36(10-8-19)27-31-13-20(39-6)14-32-27/h11-14,16,19,29H,7-10,15,30H2,1-6H3,(H,33,34,35)/b25-17+,29-18?. The van der Waals surface area contributed by atoms with E-state index in [4.69, 9.17) is 20.6 Å². The number of rotatable bonds is 9. The van der Waals surface area contributed by atoms with Gasteiger partial charge in [-0.15, -0.1) is 0 Å². The maximum Gasteiger partial charge on any atom is 0.225 e. The number of fused-ring (bicyclic) bond motifs is 1. The van der Waals surface area contributed by atoms with E-state index in [2.05, 4.69) is 30.2 Å². The molecule has 3 aromatic rings. The maximum atomic E-state index is 13.7. The van der Waals surface area contributed by atoms with E-state index in [1.165, 1.54) is 6.33 Å². The van der Waals surface area contributed by atoms with Crippen LogP contribution in [0.2, 0.25) is 0 Å². The Hall–Kier alpha value is -4.00. The molecule has 12 nitrogen and oxygen atoms in total. The highest BCUT2D eigenvalue weighted by Gasteiger charge is 2.34. The number of sulfone groups is 1. The Morgan fingerprint density at radius 2 is 1.78 bits per heavy atom. The third kappa shape index (κ3) is 6.50. The van der Waals surface area contributed by atoms with Gasteiger partial charge in [-0.05, 0) is 59.4 Å². The van der Waals surface area contributed by atoms with Crippen molar-refractivity contribution in [2.75, 3.05) is 37.0 Å². The topological polar surface area (TPSA) is 169 Å². The quantitative estimate of drug-likeness (QED) is 0.312. The van der Waals surface area contributed by atoms with Gasteiger partial charge in [-0.3, -0.25) is 0 Å². The van der Waals surface area contributed by atoms with Gasteiger partial charge in [-0.2, -0.15) is 0 Å². The molecule has 1 aromatic carbocycles. The van der Waals surface area contributed by atoms with Crippen molar-refractivity contribution >= 4 is 38.2 Å². The second-order valence-electron chi connectivity index (χ2n) is 11.1. The van der Waals surface area contributed by atoms with E-state index in [0.29, 0.717) is 46.3 Å². The summed E-state index contributed by atoms with van der Waals surface area (Å²) in [5, 5.41) is 11.4. The number of aromatic nitrogens is 4. The van der Waals surface area contributed by atoms with Gasteiger partial charge in [0, 0.05) is 35.8 Å². The van der Waals surface area contributed by atoms with E-state index in [-0.39, 0.29) is 22.4 Å². The minimum absolute atomic E-state index is 0.0712. The molecular formula is C28H38N8O4S. The summed E-state index contributed by atoms with van der Waals surface area (Å²) in [4.78, 5) is 19.6. The van der Waals surface area contributed by atoms with E-state index < -0.39 is 14.6 Å². The zero-order chi connectivity index (χ0) is 29.9. The molecule has 0 aliphatic carbocycles. The van der Waals surface area contributed by atoms with Crippen molar-refractivity contribution in [1.29, 1.82) is 5.41 Å². The normalized spacial score (nSPS) is 15.4. The molecule has 0 spiro atoms. The van der Waals surface area contributed by atoms with Crippen molar-refractivity contribution in [1.82, 2.24) is 19.9 Å². The molecule has 0 radical (unpaired) electrons. The van der Waals surface area contributed by atoms with Crippen LogP contribution in [0.1, 0.15) is 47.5 Å². The molecule has 1 aliphatic heterocycles. The fourth-order valence-electron chi connectivity index (χ4n) is 4.32. The highest BCUT2D eigenvalue weighted by Crippen LogP contribution is 2.37. The Balaban J connectivity index is 1.60. The molecule has 4 N–H and O–H groups in total. The fraction of sp³-hybridized carbons (Fsp3) is 0.464. The average molecular weight is 583 g/mol. The SMILES string of the molecule is COc1cnc(N2CCC(COc3cc4ncnc(N/C(N)=C(\C)C(C)=N)c4cc3S(=O)(=O)C(C)(C)C)CC2)nc1. The molecule has 0 saturated carbocycles. The van der Waals surface area contributed by atoms with Gasteiger partial charge in [0.05, 0.1) is 36.4 Å². The summed E-state index contributed by atoms with van der Waals surface area (Å²) < 4.78 is 37.7. The largest absolute Gasteiger partial charge is 0.494 e. The lowest BCUT2D eigenvalue weighted by Crippen LogP contribution is -2.36. The summed E-state index contributed by atoms with van der Waals surface area (Å²) >= 11 is 0. The Kier molecular flexibility index (Phi) is 8.66. The van der Waals surface area contributed by atoms with Crippen molar-refractivity contribution in [3.63, 3.8) is 0 Å². The maximum absolute atomic E-state index is 13.7. The predicted molar refractivity (Wildman–Crippen MR) is 159 cm³/mol. The van der Waals surface area contributed by atoms with Gasteiger partial charge in [0.15, 0.2) is 15.6 Å². The summed E-state index contributed by atoms with van der Waals surface area (Å²) in [6.45, 7) is 10.2. The van der Waals surface area contributed by atoms with Crippen LogP contribution in [-0.4, -0.2) is 65.6 Å². The lowest BCUT2D eigenvalue weighted by molar-refractivity contribution is 0.218. The molecule has 41 heavy (non-hydrogen) atoms. The molecule has 1 saturated heterocycles. The minimum atomic E-state index is -3.80. The first kappa shape index (κ1) is 30.0. The van der Waals surface area contributed by atoms with Crippen LogP contribution in [0.25, 0.3) is 10.9 Å². The second-order valence-corrected chi connectivity index (χ2v) is 13.8. The van der Waals surface area contributed by atoms with Crippen LogP contribution in [0.3, 0.4) is 0 Å². The van der Waals surface area contributed by atoms with Gasteiger partial charge in [0.25, 0.3) is 0 Å². The molecule has 4 rings (SSSR count). The van der Waals surface area contributed by atoms with Crippen LogP contribution in [0.15, 0.2) is 47.1 Å². The first-order valence-corrected chi connectivity index (χ1v) is 14.9. The van der Waals surface area contributed by atoms with Crippen molar-refractivity contribution in [2.45, 2.75) is 57.1 Å². The van der Waals surface area contributed by atoms with Gasteiger partial charge >= 0.3 is 0 Å². The average Bonchev–Trinajstić information content (AvgIpc) is 2.95. The molecule has 2 aromatic heterocycles. The van der Waals surface area contributed by atoms with E-state index in [0.717, 1.165) is 25.9 Å². The first-order valence-electron chi connectivity index (χ1n) is 13.4. The number of hydrogen-bond acceptors (Lipinski definition) is 12. The van der Waals surface area contributed by atoms with Crippen molar-refractivity contribution in [2.24, 2.45) is 11.7 Å². The van der Waals surface area contributed by atoms with Crippen LogP contribution >= 0.6 is 0 Å². The second kappa shape index (κ2) is 11.9. The van der Waals surface area contributed by atoms with Crippen LogP contribution in [0, 0.1) is 11.3 Å². The molecule has 3 heterocycles. The number of anilines is 2. The van der Waals surface area contributed by atoms with Gasteiger partial charge in [-0.25, -0.2) is 28.4 Å². The number of nitrogens with two attached hydrogens (primary N) is 1. The summed E-state index contributed by atoms with van der Waals surface area (Å²) in [5.41, 5.74) is 7.54. The number of methoxy groups -OCH3 is 1. The molecule has 1 aliphatic rings. The van der Waals surface area contributed by atoms with Gasteiger partial charge in [0.2, 0.25) is 5.95 Å². The van der Waals surface area contributed by atoms with Crippen molar-refractivity contribution in [3.05, 3.63) is 42.2 Å². The first-order chi connectivity index (χ1) is 19.3. The summed E-state index contributed by atoms with van der Waals surface area (Å²) in [7, 11) is -2.22. The van der Waals surface area contributed by atoms with Gasteiger partial charge < -0.3 is 30.8 Å². The Morgan fingerprint density at radius 3 is 2.37 bits per heavy atom. The predicted octanol–water partition coefficient (Wildman–Crippen LogP) is 3.94. The highest BCUT2D eigenvalue weighted by molar-refractivity contribution is 7.92. The van der Waals surface area contributed by atoms with Gasteiger partial charge in [0.1, 0.15) is 28.6 Å². The fourth-order valence-corrected chi connectivity index (χ4v) is 5.64. The van der Waals surface area contributed by atoms with Crippen molar-refractivity contribution in [3.8, 4) is 11.5 Å². The molecule has 0 amide bonds. The third-order valence-electron chi connectivity index (χ3n) is 7.24. The number of allylic oxidation sites excluding steroid dienone is 1. The lowest BCUT2D eigenvalue weighted by atomic mass is 9.98. The molecule has 13 heteroatoms. The number of piperidine rings is 1. The van der Waals surface area contributed by atoms with Crippen LogP contribution in [-0.2, 0) is 9.84 Å². The Labute approximate surface area is 240 Å². The highest BCUT2D eigenvalue weighted by atomic mass is 32.2. The summed E-state index contributed by atoms with van der Waals surface area (Å²) in [6.07, 6.45) is 6.37. The number of nitrogens with one attached hydrogen (secondary N) is 2.